The molecule has 0 aromatic heterocycles. The molecule has 0 aliphatic heterocycles. The minimum atomic E-state index is 0.801. The highest BCUT2D eigenvalue weighted by atomic mass is 35.5. The van der Waals surface area contributed by atoms with Crippen molar-refractivity contribution in [1.82, 2.24) is 0 Å². The molecule has 0 radical (unpaired) electrons. The second-order valence-electron chi connectivity index (χ2n) is 2.89. The van der Waals surface area contributed by atoms with E-state index in [9.17, 15) is 0 Å². The van der Waals surface area contributed by atoms with E-state index in [0.29, 0.717) is 0 Å². The molecular weight excluding hydrogens is 170 g/mol. The molecule has 0 fully saturated rings. The Hall–Kier alpha value is -0.690. The summed E-state index contributed by atoms with van der Waals surface area (Å²) in [6.07, 6.45) is 1.14. The molecule has 1 rings (SSSR count). The van der Waals surface area contributed by atoms with E-state index in [1.807, 2.05) is 18.2 Å². The first-order valence-corrected chi connectivity index (χ1v) is 4.62. The zero-order chi connectivity index (χ0) is 8.97. The maximum Gasteiger partial charge on any atom is 0.0410 e. The highest BCUT2D eigenvalue weighted by Gasteiger charge is 1.96. The smallest absolute Gasteiger partial charge is 0.0410 e. The number of nitrogens with one attached hydrogen (secondary N) is 1. The van der Waals surface area contributed by atoms with Crippen molar-refractivity contribution in [3.63, 3.8) is 0 Å². The predicted octanol–water partition coefficient (Wildman–Crippen LogP) is 3.47. The van der Waals surface area contributed by atoms with Gasteiger partial charge >= 0.3 is 0 Å². The Bertz CT molecular complexity index is 258. The average molecular weight is 184 g/mol. The van der Waals surface area contributed by atoms with Gasteiger partial charge in [0.25, 0.3) is 0 Å². The van der Waals surface area contributed by atoms with E-state index >= 15 is 0 Å². The fourth-order valence-electron chi connectivity index (χ4n) is 1.09. The number of benzene rings is 1. The first kappa shape index (κ1) is 9.40. The Balaban J connectivity index is 2.72. The van der Waals surface area contributed by atoms with Crippen LogP contribution in [-0.4, -0.2) is 6.54 Å². The lowest BCUT2D eigenvalue weighted by Crippen LogP contribution is -2.00. The molecule has 1 aromatic carbocycles. The molecular formula is C10H14ClN. The van der Waals surface area contributed by atoms with Crippen molar-refractivity contribution in [2.24, 2.45) is 0 Å². The average Bonchev–Trinajstić information content (AvgIpc) is 2.03. The first-order chi connectivity index (χ1) is 5.74. The summed E-state index contributed by atoms with van der Waals surface area (Å²) in [7, 11) is 0. The Kier molecular flexibility index (Phi) is 3.42. The SMILES string of the molecule is CCCNc1ccc(Cl)cc1C. The number of anilines is 1. The fraction of sp³-hybridized carbons (Fsp3) is 0.400. The van der Waals surface area contributed by atoms with Gasteiger partial charge < -0.3 is 5.32 Å². The van der Waals surface area contributed by atoms with Crippen LogP contribution in [0.1, 0.15) is 18.9 Å². The first-order valence-electron chi connectivity index (χ1n) is 4.24. The van der Waals surface area contributed by atoms with Crippen LogP contribution in [0.2, 0.25) is 5.02 Å². The Morgan fingerprint density at radius 2 is 2.17 bits per heavy atom. The van der Waals surface area contributed by atoms with Gasteiger partial charge in [0.2, 0.25) is 0 Å². The van der Waals surface area contributed by atoms with Gasteiger partial charge in [-0.05, 0) is 37.1 Å². The lowest BCUT2D eigenvalue weighted by atomic mass is 10.2. The van der Waals surface area contributed by atoms with E-state index < -0.39 is 0 Å². The summed E-state index contributed by atoms with van der Waals surface area (Å²) in [4.78, 5) is 0. The molecule has 1 nitrogen and oxygen atoms in total. The van der Waals surface area contributed by atoms with Crippen LogP contribution >= 0.6 is 11.6 Å². The Labute approximate surface area is 78.7 Å². The highest BCUT2D eigenvalue weighted by Crippen LogP contribution is 2.19. The number of hydrogen-bond acceptors (Lipinski definition) is 1. The van der Waals surface area contributed by atoms with Gasteiger partial charge in [0.1, 0.15) is 0 Å². The van der Waals surface area contributed by atoms with Gasteiger partial charge in [-0.1, -0.05) is 18.5 Å². The molecule has 0 amide bonds. The van der Waals surface area contributed by atoms with Crippen LogP contribution in [0.5, 0.6) is 0 Å². The summed E-state index contributed by atoms with van der Waals surface area (Å²) in [5.74, 6) is 0. The van der Waals surface area contributed by atoms with Gasteiger partial charge in [-0.25, -0.2) is 0 Å². The van der Waals surface area contributed by atoms with Crippen LogP contribution in [0.4, 0.5) is 5.69 Å². The van der Waals surface area contributed by atoms with Gasteiger partial charge in [-0.15, -0.1) is 0 Å². The van der Waals surface area contributed by atoms with Crippen molar-refractivity contribution >= 4 is 17.3 Å². The van der Waals surface area contributed by atoms with Crippen molar-refractivity contribution < 1.29 is 0 Å². The van der Waals surface area contributed by atoms with E-state index in [4.69, 9.17) is 11.6 Å². The van der Waals surface area contributed by atoms with Crippen molar-refractivity contribution in [3.05, 3.63) is 28.8 Å². The van der Waals surface area contributed by atoms with E-state index in [0.717, 1.165) is 18.0 Å². The molecule has 0 atom stereocenters. The van der Waals surface area contributed by atoms with Gasteiger partial charge in [0, 0.05) is 17.3 Å². The molecule has 1 N–H and O–H groups in total. The topological polar surface area (TPSA) is 12.0 Å². The summed E-state index contributed by atoms with van der Waals surface area (Å²) >= 11 is 5.82. The minimum Gasteiger partial charge on any atom is -0.385 e. The van der Waals surface area contributed by atoms with Crippen LogP contribution in [0, 0.1) is 6.92 Å². The van der Waals surface area contributed by atoms with Crippen molar-refractivity contribution in [2.75, 3.05) is 11.9 Å². The van der Waals surface area contributed by atoms with Crippen LogP contribution in [0.15, 0.2) is 18.2 Å². The van der Waals surface area contributed by atoms with Crippen LogP contribution < -0.4 is 5.32 Å². The lowest BCUT2D eigenvalue weighted by Gasteiger charge is -2.07. The second-order valence-corrected chi connectivity index (χ2v) is 3.32. The predicted molar refractivity (Wildman–Crippen MR) is 55.0 cm³/mol. The minimum absolute atomic E-state index is 0.801. The zero-order valence-electron chi connectivity index (χ0n) is 7.52. The summed E-state index contributed by atoms with van der Waals surface area (Å²) in [5, 5.41) is 4.13. The summed E-state index contributed by atoms with van der Waals surface area (Å²) in [5.41, 5.74) is 2.39. The quantitative estimate of drug-likeness (QED) is 0.757. The van der Waals surface area contributed by atoms with Gasteiger partial charge in [-0.3, -0.25) is 0 Å². The normalized spacial score (nSPS) is 9.92. The van der Waals surface area contributed by atoms with Gasteiger partial charge in [-0.2, -0.15) is 0 Å². The molecule has 0 spiro atoms. The van der Waals surface area contributed by atoms with Crippen LogP contribution in [0.3, 0.4) is 0 Å². The lowest BCUT2D eigenvalue weighted by molar-refractivity contribution is 0.977. The van der Waals surface area contributed by atoms with E-state index in [1.54, 1.807) is 0 Å². The monoisotopic (exact) mass is 183 g/mol. The van der Waals surface area contributed by atoms with Crippen molar-refractivity contribution in [2.45, 2.75) is 20.3 Å². The van der Waals surface area contributed by atoms with E-state index in [2.05, 4.69) is 19.2 Å². The molecule has 12 heavy (non-hydrogen) atoms. The Morgan fingerprint density at radius 3 is 2.75 bits per heavy atom. The molecule has 0 aliphatic rings. The molecule has 2 heteroatoms. The number of aryl methyl sites for hydroxylation is 1. The van der Waals surface area contributed by atoms with Crippen molar-refractivity contribution in [3.8, 4) is 0 Å². The summed E-state index contributed by atoms with van der Waals surface area (Å²) in [6, 6.07) is 5.90. The van der Waals surface area contributed by atoms with E-state index in [-0.39, 0.29) is 0 Å². The summed E-state index contributed by atoms with van der Waals surface area (Å²) < 4.78 is 0. The Morgan fingerprint density at radius 1 is 1.42 bits per heavy atom. The molecule has 0 bridgehead atoms. The zero-order valence-corrected chi connectivity index (χ0v) is 8.28. The fourth-order valence-corrected chi connectivity index (χ4v) is 1.31. The highest BCUT2D eigenvalue weighted by molar-refractivity contribution is 6.30. The maximum atomic E-state index is 5.82. The third kappa shape index (κ3) is 2.42. The van der Waals surface area contributed by atoms with E-state index in [1.165, 1.54) is 11.3 Å². The second kappa shape index (κ2) is 4.36. The molecule has 1 aromatic rings. The van der Waals surface area contributed by atoms with Crippen LogP contribution in [-0.2, 0) is 0 Å². The molecule has 0 saturated carbocycles. The molecule has 0 aliphatic carbocycles. The summed E-state index contributed by atoms with van der Waals surface area (Å²) in [6.45, 7) is 5.23. The van der Waals surface area contributed by atoms with Crippen LogP contribution in [0.25, 0.3) is 0 Å². The van der Waals surface area contributed by atoms with Crippen molar-refractivity contribution in [1.29, 1.82) is 0 Å². The molecule has 66 valence electrons. The largest absolute Gasteiger partial charge is 0.385 e. The van der Waals surface area contributed by atoms with Gasteiger partial charge in [0.15, 0.2) is 0 Å². The number of hydrogen-bond donors (Lipinski definition) is 1. The molecule has 0 unspecified atom stereocenters. The van der Waals surface area contributed by atoms with Gasteiger partial charge in [0.05, 0.1) is 0 Å². The third-order valence-electron chi connectivity index (χ3n) is 1.75. The number of halogens is 1. The third-order valence-corrected chi connectivity index (χ3v) is 1.99. The molecule has 0 heterocycles. The number of rotatable bonds is 3. The standard InChI is InChI=1S/C10H14ClN/c1-3-6-12-10-5-4-9(11)7-8(10)2/h4-5,7,12H,3,6H2,1-2H3. The maximum absolute atomic E-state index is 5.82. The molecule has 0 saturated heterocycles.